The molecule has 1 aromatic heterocycles. The average molecular weight is 219 g/mol. The van der Waals surface area contributed by atoms with Crippen molar-refractivity contribution in [3.8, 4) is 12.3 Å². The highest BCUT2D eigenvalue weighted by Gasteiger charge is 2.19. The summed E-state index contributed by atoms with van der Waals surface area (Å²) in [4.78, 5) is 18.8. The first-order valence-electron chi connectivity index (χ1n) is 4.68. The van der Waals surface area contributed by atoms with E-state index < -0.39 is 11.5 Å². The van der Waals surface area contributed by atoms with Crippen molar-refractivity contribution in [2.24, 2.45) is 0 Å². The summed E-state index contributed by atoms with van der Waals surface area (Å²) in [6.07, 6.45) is 6.58. The van der Waals surface area contributed by atoms with E-state index in [-0.39, 0.29) is 11.4 Å². The molecule has 1 heterocycles. The monoisotopic (exact) mass is 219 g/mol. The molecule has 0 aliphatic rings. The molecule has 0 saturated carbocycles. The number of aromatic carboxylic acids is 1. The van der Waals surface area contributed by atoms with Crippen LogP contribution in [0.1, 0.15) is 30.0 Å². The quantitative estimate of drug-likeness (QED) is 0.749. The standard InChI is InChI=1S/C11H13N3O2/c1-5-11(3,4)14-9-8(10(15)16)6-12-7(2)13-9/h1,6H,2-4H3,(H,15,16)(H,12,13,14). The number of carboxylic acid groups (broad SMARTS) is 1. The van der Waals surface area contributed by atoms with Crippen molar-refractivity contribution >= 4 is 11.8 Å². The van der Waals surface area contributed by atoms with Crippen LogP contribution in [0.4, 0.5) is 5.82 Å². The molecule has 0 saturated heterocycles. The van der Waals surface area contributed by atoms with Gasteiger partial charge in [0.2, 0.25) is 0 Å². The first-order chi connectivity index (χ1) is 7.35. The van der Waals surface area contributed by atoms with E-state index in [0.29, 0.717) is 5.82 Å². The lowest BCUT2D eigenvalue weighted by molar-refractivity contribution is 0.0697. The first-order valence-corrected chi connectivity index (χ1v) is 4.68. The van der Waals surface area contributed by atoms with E-state index in [1.165, 1.54) is 6.20 Å². The predicted octanol–water partition coefficient (Wildman–Crippen LogP) is 1.31. The van der Waals surface area contributed by atoms with E-state index >= 15 is 0 Å². The van der Waals surface area contributed by atoms with Gasteiger partial charge in [-0.2, -0.15) is 0 Å². The second-order valence-corrected chi connectivity index (χ2v) is 3.88. The molecule has 0 fully saturated rings. The maximum atomic E-state index is 10.9. The highest BCUT2D eigenvalue weighted by Crippen LogP contribution is 2.16. The van der Waals surface area contributed by atoms with Crippen LogP contribution in [-0.4, -0.2) is 26.6 Å². The van der Waals surface area contributed by atoms with E-state index in [4.69, 9.17) is 11.5 Å². The number of anilines is 1. The van der Waals surface area contributed by atoms with Crippen LogP contribution >= 0.6 is 0 Å². The largest absolute Gasteiger partial charge is 0.477 e. The second-order valence-electron chi connectivity index (χ2n) is 3.88. The number of nitrogens with zero attached hydrogens (tertiary/aromatic N) is 2. The lowest BCUT2D eigenvalue weighted by atomic mass is 10.1. The van der Waals surface area contributed by atoms with Crippen LogP contribution in [0.2, 0.25) is 0 Å². The molecule has 16 heavy (non-hydrogen) atoms. The van der Waals surface area contributed by atoms with Gasteiger partial charge in [-0.05, 0) is 20.8 Å². The molecule has 0 aliphatic heterocycles. The Morgan fingerprint density at radius 3 is 2.75 bits per heavy atom. The van der Waals surface area contributed by atoms with Gasteiger partial charge in [-0.3, -0.25) is 0 Å². The number of hydrogen-bond acceptors (Lipinski definition) is 4. The second kappa shape index (κ2) is 4.19. The van der Waals surface area contributed by atoms with E-state index in [1.54, 1.807) is 20.8 Å². The van der Waals surface area contributed by atoms with Crippen molar-refractivity contribution in [3.63, 3.8) is 0 Å². The van der Waals surface area contributed by atoms with Gasteiger partial charge >= 0.3 is 5.97 Å². The zero-order chi connectivity index (χ0) is 12.3. The Hall–Kier alpha value is -2.09. The fraction of sp³-hybridized carbons (Fsp3) is 0.364. The summed E-state index contributed by atoms with van der Waals surface area (Å²) in [5.41, 5.74) is -0.653. The van der Waals surface area contributed by atoms with Gasteiger partial charge in [0.1, 0.15) is 17.2 Å². The highest BCUT2D eigenvalue weighted by atomic mass is 16.4. The molecule has 0 radical (unpaired) electrons. The minimum absolute atomic E-state index is 0.00826. The van der Waals surface area contributed by atoms with Gasteiger partial charge in [0.25, 0.3) is 0 Å². The summed E-state index contributed by atoms with van der Waals surface area (Å²) >= 11 is 0. The van der Waals surface area contributed by atoms with Crippen LogP contribution in [0, 0.1) is 19.3 Å². The number of rotatable bonds is 3. The third kappa shape index (κ3) is 2.70. The van der Waals surface area contributed by atoms with Gasteiger partial charge in [0.05, 0.1) is 5.54 Å². The Labute approximate surface area is 93.9 Å². The molecule has 0 aromatic carbocycles. The summed E-state index contributed by atoms with van der Waals surface area (Å²) in [7, 11) is 0. The zero-order valence-electron chi connectivity index (χ0n) is 9.40. The van der Waals surface area contributed by atoms with Crippen molar-refractivity contribution in [2.45, 2.75) is 26.3 Å². The molecular formula is C11H13N3O2. The molecule has 84 valence electrons. The SMILES string of the molecule is C#CC(C)(C)Nc1nc(C)ncc1C(=O)O. The summed E-state index contributed by atoms with van der Waals surface area (Å²) in [5.74, 6) is 2.15. The van der Waals surface area contributed by atoms with E-state index in [2.05, 4.69) is 21.2 Å². The molecule has 0 spiro atoms. The molecule has 5 nitrogen and oxygen atoms in total. The topological polar surface area (TPSA) is 75.1 Å². The molecule has 1 rings (SSSR count). The van der Waals surface area contributed by atoms with Gasteiger partial charge in [0, 0.05) is 6.20 Å². The molecule has 1 aromatic rings. The van der Waals surface area contributed by atoms with Gasteiger partial charge in [-0.15, -0.1) is 6.42 Å². The lowest BCUT2D eigenvalue weighted by Crippen LogP contribution is -2.30. The van der Waals surface area contributed by atoms with Crippen LogP contribution in [0.5, 0.6) is 0 Å². The molecule has 2 N–H and O–H groups in total. The van der Waals surface area contributed by atoms with Crippen molar-refractivity contribution < 1.29 is 9.90 Å². The fourth-order valence-electron chi connectivity index (χ4n) is 1.05. The van der Waals surface area contributed by atoms with Crippen LogP contribution in [-0.2, 0) is 0 Å². The average Bonchev–Trinajstić information content (AvgIpc) is 2.16. The number of terminal acetylenes is 1. The molecule has 0 atom stereocenters. The first kappa shape index (κ1) is 12.0. The number of aryl methyl sites for hydroxylation is 1. The number of carboxylic acids is 1. The van der Waals surface area contributed by atoms with Gasteiger partial charge in [0.15, 0.2) is 0 Å². The number of hydrogen-bond donors (Lipinski definition) is 2. The van der Waals surface area contributed by atoms with Crippen LogP contribution in [0.15, 0.2) is 6.20 Å². The molecule has 0 unspecified atom stereocenters. The normalized spacial score (nSPS) is 10.6. The minimum atomic E-state index is -1.09. The lowest BCUT2D eigenvalue weighted by Gasteiger charge is -2.21. The third-order valence-electron chi connectivity index (χ3n) is 1.93. The maximum Gasteiger partial charge on any atom is 0.341 e. The highest BCUT2D eigenvalue weighted by molar-refractivity contribution is 5.92. The van der Waals surface area contributed by atoms with E-state index in [0.717, 1.165) is 0 Å². The third-order valence-corrected chi connectivity index (χ3v) is 1.93. The van der Waals surface area contributed by atoms with Gasteiger partial charge in [-0.25, -0.2) is 14.8 Å². The Balaban J connectivity index is 3.17. The van der Waals surface area contributed by atoms with Gasteiger partial charge < -0.3 is 10.4 Å². The Morgan fingerprint density at radius 1 is 1.62 bits per heavy atom. The van der Waals surface area contributed by atoms with E-state index in [9.17, 15) is 4.79 Å². The van der Waals surface area contributed by atoms with Crippen molar-refractivity contribution in [2.75, 3.05) is 5.32 Å². The smallest absolute Gasteiger partial charge is 0.341 e. The molecule has 0 amide bonds. The summed E-state index contributed by atoms with van der Waals surface area (Å²) in [6, 6.07) is 0. The van der Waals surface area contributed by atoms with Crippen LogP contribution in [0.25, 0.3) is 0 Å². The van der Waals surface area contributed by atoms with Crippen LogP contribution < -0.4 is 5.32 Å². The number of nitrogens with one attached hydrogen (secondary N) is 1. The fourth-order valence-corrected chi connectivity index (χ4v) is 1.05. The zero-order valence-corrected chi connectivity index (χ0v) is 9.40. The Morgan fingerprint density at radius 2 is 2.25 bits per heavy atom. The maximum absolute atomic E-state index is 10.9. The number of aromatic nitrogens is 2. The van der Waals surface area contributed by atoms with Crippen molar-refractivity contribution in [3.05, 3.63) is 17.6 Å². The molecule has 0 bridgehead atoms. The number of carbonyl (C=O) groups is 1. The van der Waals surface area contributed by atoms with Crippen molar-refractivity contribution in [1.82, 2.24) is 9.97 Å². The molecular weight excluding hydrogens is 206 g/mol. The van der Waals surface area contributed by atoms with Crippen LogP contribution in [0.3, 0.4) is 0 Å². The minimum Gasteiger partial charge on any atom is -0.477 e. The van der Waals surface area contributed by atoms with E-state index in [1.807, 2.05) is 0 Å². The summed E-state index contributed by atoms with van der Waals surface area (Å²) in [6.45, 7) is 5.20. The van der Waals surface area contributed by atoms with Gasteiger partial charge in [-0.1, -0.05) is 5.92 Å². The summed E-state index contributed by atoms with van der Waals surface area (Å²) in [5, 5.41) is 11.8. The summed E-state index contributed by atoms with van der Waals surface area (Å²) < 4.78 is 0. The van der Waals surface area contributed by atoms with Crippen molar-refractivity contribution in [1.29, 1.82) is 0 Å². The Bertz CT molecular complexity index is 461. The molecule has 0 aliphatic carbocycles. The Kier molecular flexibility index (Phi) is 3.14. The molecule has 5 heteroatoms. The predicted molar refractivity (Wildman–Crippen MR) is 60.3 cm³/mol.